The second-order valence-electron chi connectivity index (χ2n) is 2.68. The number of fused-ring (bicyclic) bond motifs is 1. The van der Waals surface area contributed by atoms with E-state index in [1.807, 2.05) is 0 Å². The molecular weight excluding hydrogens is 186 g/mol. The van der Waals surface area contributed by atoms with Gasteiger partial charge in [0.25, 0.3) is 0 Å². The summed E-state index contributed by atoms with van der Waals surface area (Å²) >= 11 is 6.81. The normalized spacial score (nSPS) is 10.8. The Kier molecular flexibility index (Phi) is 1.98. The second-order valence-corrected chi connectivity index (χ2v) is 3.93. The Morgan fingerprint density at radius 1 is 1.50 bits per heavy atom. The summed E-state index contributed by atoms with van der Waals surface area (Å²) in [5, 5.41) is 1.24. The van der Waals surface area contributed by atoms with Crippen LogP contribution < -0.4 is 0 Å². The van der Waals surface area contributed by atoms with Gasteiger partial charge in [-0.2, -0.15) is 0 Å². The van der Waals surface area contributed by atoms with E-state index in [1.54, 1.807) is 11.5 Å². The Hall–Kier alpha value is -0.670. The lowest BCUT2D eigenvalue weighted by Crippen LogP contribution is -1.79. The van der Waals surface area contributed by atoms with Crippen molar-refractivity contribution < 1.29 is 0 Å². The van der Waals surface area contributed by atoms with Gasteiger partial charge in [-0.25, -0.2) is 0 Å². The number of benzene rings is 1. The van der Waals surface area contributed by atoms with Crippen LogP contribution in [0.2, 0.25) is 0 Å². The summed E-state index contributed by atoms with van der Waals surface area (Å²) in [4.78, 5) is 0. The predicted molar refractivity (Wildman–Crippen MR) is 56.4 cm³/mol. The third kappa shape index (κ3) is 1.09. The molecule has 0 fully saturated rings. The van der Waals surface area contributed by atoms with Crippen LogP contribution in [-0.4, -0.2) is 4.37 Å². The van der Waals surface area contributed by atoms with Crippen LogP contribution in [0.4, 0.5) is 0 Å². The van der Waals surface area contributed by atoms with Gasteiger partial charge in [-0.3, -0.25) is 0 Å². The number of aromatic nitrogens is 1. The predicted octanol–water partition coefficient (Wildman–Crippen LogP) is 3.52. The van der Waals surface area contributed by atoms with Crippen LogP contribution >= 0.6 is 23.8 Å². The first-order valence-corrected chi connectivity index (χ1v) is 5.14. The number of aryl methyl sites for hydroxylation is 1. The van der Waals surface area contributed by atoms with Crippen molar-refractivity contribution in [3.05, 3.63) is 28.4 Å². The maximum absolute atomic E-state index is 5.20. The Balaban J connectivity index is 2.93. The molecule has 1 aromatic carbocycles. The molecule has 1 nitrogen and oxygen atoms in total. The molecule has 1 aromatic heterocycles. The lowest BCUT2D eigenvalue weighted by molar-refractivity contribution is 1.16. The molecule has 0 aliphatic heterocycles. The Labute approximate surface area is 80.2 Å². The highest BCUT2D eigenvalue weighted by Gasteiger charge is 2.01. The van der Waals surface area contributed by atoms with Crippen LogP contribution in [0.25, 0.3) is 10.1 Å². The molecule has 0 radical (unpaired) electrons. The average molecular weight is 195 g/mol. The smallest absolute Gasteiger partial charge is 0.121 e. The Morgan fingerprint density at radius 3 is 3.08 bits per heavy atom. The van der Waals surface area contributed by atoms with Crippen molar-refractivity contribution in [2.75, 3.05) is 0 Å². The molecule has 1 N–H and O–H groups in total. The molecule has 0 unspecified atom stereocenters. The first-order valence-electron chi connectivity index (χ1n) is 3.92. The fourth-order valence-corrected chi connectivity index (χ4v) is 2.58. The molecule has 2 rings (SSSR count). The Bertz CT molecular complexity index is 453. The number of aromatic amines is 1. The van der Waals surface area contributed by atoms with E-state index in [1.165, 1.54) is 15.6 Å². The van der Waals surface area contributed by atoms with Crippen LogP contribution in [0, 0.1) is 4.64 Å². The van der Waals surface area contributed by atoms with Crippen molar-refractivity contribution in [3.63, 3.8) is 0 Å². The van der Waals surface area contributed by atoms with E-state index in [-0.39, 0.29) is 0 Å². The summed E-state index contributed by atoms with van der Waals surface area (Å²) in [6, 6.07) is 6.32. The van der Waals surface area contributed by atoms with E-state index in [9.17, 15) is 0 Å². The molecular formula is C9H9NS2. The van der Waals surface area contributed by atoms with Crippen molar-refractivity contribution in [3.8, 4) is 0 Å². The van der Waals surface area contributed by atoms with Crippen LogP contribution in [0.1, 0.15) is 12.5 Å². The molecule has 0 saturated carbocycles. The first kappa shape index (κ1) is 7.95. The summed E-state index contributed by atoms with van der Waals surface area (Å²) < 4.78 is 5.25. The number of hydrogen-bond donors (Lipinski definition) is 1. The van der Waals surface area contributed by atoms with E-state index in [2.05, 4.69) is 29.5 Å². The second kappa shape index (κ2) is 2.99. The van der Waals surface area contributed by atoms with Gasteiger partial charge in [0.1, 0.15) is 4.64 Å². The largest absolute Gasteiger partial charge is 0.301 e. The number of H-pyrrole nitrogens is 1. The standard InChI is InChI=1S/C9H9NS2/c1-2-6-4-3-5-7-8(6)9(11)10-12-7/h3-5H,2H2,1H3,(H,10,11). The summed E-state index contributed by atoms with van der Waals surface area (Å²) in [5.41, 5.74) is 1.34. The summed E-state index contributed by atoms with van der Waals surface area (Å²) in [6.07, 6.45) is 1.05. The summed E-state index contributed by atoms with van der Waals surface area (Å²) in [7, 11) is 0. The molecule has 0 atom stereocenters. The minimum Gasteiger partial charge on any atom is -0.301 e. The van der Waals surface area contributed by atoms with Crippen LogP contribution in [-0.2, 0) is 6.42 Å². The van der Waals surface area contributed by atoms with E-state index >= 15 is 0 Å². The van der Waals surface area contributed by atoms with Crippen molar-refractivity contribution >= 4 is 33.8 Å². The van der Waals surface area contributed by atoms with E-state index < -0.39 is 0 Å². The zero-order chi connectivity index (χ0) is 8.55. The van der Waals surface area contributed by atoms with Crippen LogP contribution in [0.15, 0.2) is 18.2 Å². The van der Waals surface area contributed by atoms with Gasteiger partial charge in [0.05, 0.1) is 4.70 Å². The zero-order valence-corrected chi connectivity index (χ0v) is 8.39. The third-order valence-electron chi connectivity index (χ3n) is 1.97. The van der Waals surface area contributed by atoms with Crippen LogP contribution in [0.3, 0.4) is 0 Å². The highest BCUT2D eigenvalue weighted by Crippen LogP contribution is 2.23. The minimum atomic E-state index is 0.882. The average Bonchev–Trinajstić information content (AvgIpc) is 2.48. The topological polar surface area (TPSA) is 15.8 Å². The van der Waals surface area contributed by atoms with E-state index in [4.69, 9.17) is 12.2 Å². The fourth-order valence-electron chi connectivity index (χ4n) is 1.37. The van der Waals surface area contributed by atoms with Gasteiger partial charge in [-0.05, 0) is 18.1 Å². The number of rotatable bonds is 1. The SMILES string of the molecule is CCc1cccc2s[nH]c(=S)c12. The zero-order valence-electron chi connectivity index (χ0n) is 6.76. The molecule has 0 bridgehead atoms. The molecule has 0 saturated heterocycles. The quantitative estimate of drug-likeness (QED) is 0.688. The van der Waals surface area contributed by atoms with Crippen LogP contribution in [0.5, 0.6) is 0 Å². The lowest BCUT2D eigenvalue weighted by Gasteiger charge is -1.95. The first-order chi connectivity index (χ1) is 5.83. The highest BCUT2D eigenvalue weighted by molar-refractivity contribution is 7.71. The molecule has 62 valence electrons. The molecule has 0 amide bonds. The summed E-state index contributed by atoms with van der Waals surface area (Å²) in [6.45, 7) is 2.15. The fraction of sp³-hybridized carbons (Fsp3) is 0.222. The monoisotopic (exact) mass is 195 g/mol. The van der Waals surface area contributed by atoms with E-state index in [0.717, 1.165) is 11.1 Å². The molecule has 0 spiro atoms. The lowest BCUT2D eigenvalue weighted by atomic mass is 10.1. The van der Waals surface area contributed by atoms with Gasteiger partial charge in [0, 0.05) is 5.39 Å². The number of hydrogen-bond acceptors (Lipinski definition) is 2. The Morgan fingerprint density at radius 2 is 2.33 bits per heavy atom. The van der Waals surface area contributed by atoms with Gasteiger partial charge < -0.3 is 4.37 Å². The maximum atomic E-state index is 5.20. The van der Waals surface area contributed by atoms with Crippen molar-refractivity contribution in [1.29, 1.82) is 0 Å². The molecule has 2 aromatic rings. The van der Waals surface area contributed by atoms with Crippen molar-refractivity contribution in [2.24, 2.45) is 0 Å². The highest BCUT2D eigenvalue weighted by atomic mass is 32.1. The van der Waals surface area contributed by atoms with Gasteiger partial charge in [0.2, 0.25) is 0 Å². The molecule has 1 heterocycles. The number of nitrogens with one attached hydrogen (secondary N) is 1. The molecule has 3 heteroatoms. The molecule has 0 aliphatic rings. The van der Waals surface area contributed by atoms with Gasteiger partial charge in [-0.15, -0.1) is 0 Å². The van der Waals surface area contributed by atoms with Crippen molar-refractivity contribution in [2.45, 2.75) is 13.3 Å². The third-order valence-corrected chi connectivity index (χ3v) is 3.28. The minimum absolute atomic E-state index is 0.882. The van der Waals surface area contributed by atoms with Crippen molar-refractivity contribution in [1.82, 2.24) is 4.37 Å². The molecule has 0 aliphatic carbocycles. The van der Waals surface area contributed by atoms with E-state index in [0.29, 0.717) is 0 Å². The molecule has 12 heavy (non-hydrogen) atoms. The van der Waals surface area contributed by atoms with Gasteiger partial charge in [0.15, 0.2) is 0 Å². The van der Waals surface area contributed by atoms with Gasteiger partial charge >= 0.3 is 0 Å². The maximum Gasteiger partial charge on any atom is 0.121 e. The van der Waals surface area contributed by atoms with Gasteiger partial charge in [-0.1, -0.05) is 42.8 Å². The summed E-state index contributed by atoms with van der Waals surface area (Å²) in [5.74, 6) is 0.